The van der Waals surface area contributed by atoms with Crippen LogP contribution in [-0.2, 0) is 0 Å². The maximum atomic E-state index is 11.0. The van der Waals surface area contributed by atoms with Crippen LogP contribution in [0.2, 0.25) is 0 Å². The van der Waals surface area contributed by atoms with Gasteiger partial charge in [-0.25, -0.2) is 4.79 Å². The van der Waals surface area contributed by atoms with Crippen molar-refractivity contribution < 1.29 is 19.7 Å². The summed E-state index contributed by atoms with van der Waals surface area (Å²) in [6.45, 7) is 0.599. The first kappa shape index (κ1) is 15.4. The number of amides is 1. The summed E-state index contributed by atoms with van der Waals surface area (Å²) < 4.78 is 5.75. The lowest BCUT2D eigenvalue weighted by Gasteiger charge is -2.34. The first-order chi connectivity index (χ1) is 11.1. The van der Waals surface area contributed by atoms with Gasteiger partial charge >= 0.3 is 6.09 Å². The molecule has 5 nitrogen and oxygen atoms in total. The Labute approximate surface area is 134 Å². The molecule has 5 heteroatoms. The van der Waals surface area contributed by atoms with Crippen LogP contribution in [0.25, 0.3) is 0 Å². The number of carboxylic acid groups (broad SMARTS) is 1. The van der Waals surface area contributed by atoms with Crippen molar-refractivity contribution >= 4 is 6.09 Å². The summed E-state index contributed by atoms with van der Waals surface area (Å²) in [5.74, 6) is 1.46. The van der Waals surface area contributed by atoms with Gasteiger partial charge in [0.1, 0.15) is 11.5 Å². The van der Waals surface area contributed by atoms with Crippen LogP contribution in [0.1, 0.15) is 17.9 Å². The molecule has 2 atom stereocenters. The van der Waals surface area contributed by atoms with Crippen molar-refractivity contribution in [3.8, 4) is 11.5 Å². The largest absolute Gasteiger partial charge is 0.465 e. The number of piperidine rings is 1. The van der Waals surface area contributed by atoms with Crippen LogP contribution in [0.15, 0.2) is 54.6 Å². The van der Waals surface area contributed by atoms with E-state index in [0.29, 0.717) is 13.0 Å². The number of rotatable bonds is 3. The fourth-order valence-corrected chi connectivity index (χ4v) is 2.90. The van der Waals surface area contributed by atoms with Gasteiger partial charge in [-0.2, -0.15) is 0 Å². The van der Waals surface area contributed by atoms with E-state index in [1.54, 1.807) is 0 Å². The number of aliphatic hydroxyl groups excluding tert-OH is 1. The Morgan fingerprint density at radius 1 is 1.04 bits per heavy atom. The second-order valence-corrected chi connectivity index (χ2v) is 5.68. The third-order valence-corrected chi connectivity index (χ3v) is 4.14. The Bertz CT molecular complexity index is 656. The Hall–Kier alpha value is -2.53. The molecule has 2 unspecified atom stereocenters. The van der Waals surface area contributed by atoms with Crippen LogP contribution >= 0.6 is 0 Å². The zero-order valence-electron chi connectivity index (χ0n) is 12.6. The maximum absolute atomic E-state index is 11.0. The van der Waals surface area contributed by atoms with E-state index in [9.17, 15) is 9.90 Å². The molecule has 3 rings (SSSR count). The van der Waals surface area contributed by atoms with Gasteiger partial charge in [0.2, 0.25) is 0 Å². The first-order valence-corrected chi connectivity index (χ1v) is 7.62. The smallest absolute Gasteiger partial charge is 0.407 e. The number of likely N-dealkylation sites (tertiary alicyclic amines) is 1. The molecule has 0 aromatic heterocycles. The average Bonchev–Trinajstić information content (AvgIpc) is 2.56. The molecule has 2 aromatic rings. The number of hydrogen-bond donors (Lipinski definition) is 2. The summed E-state index contributed by atoms with van der Waals surface area (Å²) in [5.41, 5.74) is 1.00. The maximum Gasteiger partial charge on any atom is 0.407 e. The van der Waals surface area contributed by atoms with Crippen molar-refractivity contribution in [1.29, 1.82) is 0 Å². The highest BCUT2D eigenvalue weighted by Crippen LogP contribution is 2.30. The molecule has 1 heterocycles. The molecule has 1 aliphatic rings. The van der Waals surface area contributed by atoms with Crippen LogP contribution in [0.3, 0.4) is 0 Å². The topological polar surface area (TPSA) is 70.0 Å². The number of ether oxygens (including phenoxy) is 1. The van der Waals surface area contributed by atoms with Gasteiger partial charge in [-0.15, -0.1) is 0 Å². The molecule has 1 fully saturated rings. The number of para-hydroxylation sites is 1. The van der Waals surface area contributed by atoms with Crippen molar-refractivity contribution in [3.05, 3.63) is 60.2 Å². The quantitative estimate of drug-likeness (QED) is 0.912. The van der Waals surface area contributed by atoms with Crippen molar-refractivity contribution in [1.82, 2.24) is 4.90 Å². The second kappa shape index (κ2) is 6.71. The zero-order chi connectivity index (χ0) is 16.2. The minimum absolute atomic E-state index is 0.0450. The fraction of sp³-hybridized carbons (Fsp3) is 0.278. The molecule has 1 saturated heterocycles. The number of nitrogens with zero attached hydrogens (tertiary/aromatic N) is 1. The van der Waals surface area contributed by atoms with Crippen LogP contribution in [0.4, 0.5) is 4.79 Å². The van der Waals surface area contributed by atoms with Gasteiger partial charge in [0, 0.05) is 12.5 Å². The monoisotopic (exact) mass is 313 g/mol. The summed E-state index contributed by atoms with van der Waals surface area (Å²) in [6.07, 6.45) is -1.04. The normalized spacial score (nSPS) is 21.0. The molecule has 23 heavy (non-hydrogen) atoms. The number of hydrogen-bond acceptors (Lipinski definition) is 3. The third-order valence-electron chi connectivity index (χ3n) is 4.14. The van der Waals surface area contributed by atoms with E-state index >= 15 is 0 Å². The van der Waals surface area contributed by atoms with Crippen LogP contribution in [0.5, 0.6) is 11.5 Å². The van der Waals surface area contributed by atoms with Crippen LogP contribution in [-0.4, -0.2) is 40.4 Å². The predicted octanol–water partition coefficient (Wildman–Crippen LogP) is 3.31. The van der Waals surface area contributed by atoms with E-state index in [4.69, 9.17) is 9.84 Å². The van der Waals surface area contributed by atoms with Crippen molar-refractivity contribution in [3.63, 3.8) is 0 Å². The van der Waals surface area contributed by atoms with E-state index in [-0.39, 0.29) is 12.5 Å². The molecule has 0 radical (unpaired) electrons. The van der Waals surface area contributed by atoms with E-state index in [0.717, 1.165) is 17.1 Å². The zero-order valence-corrected chi connectivity index (χ0v) is 12.6. The highest BCUT2D eigenvalue weighted by molar-refractivity contribution is 5.65. The van der Waals surface area contributed by atoms with Gasteiger partial charge in [0.15, 0.2) is 0 Å². The standard InChI is InChI=1S/C18H19NO4/c20-17-12-19(18(21)22)11-10-16(17)13-6-8-15(9-7-13)23-14-4-2-1-3-5-14/h1-9,16-17,20H,10-12H2,(H,21,22). The number of benzene rings is 2. The Balaban J connectivity index is 1.67. The first-order valence-electron chi connectivity index (χ1n) is 7.62. The fourth-order valence-electron chi connectivity index (χ4n) is 2.90. The van der Waals surface area contributed by atoms with Gasteiger partial charge in [-0.3, -0.25) is 0 Å². The lowest BCUT2D eigenvalue weighted by Crippen LogP contribution is -2.45. The molecule has 2 aromatic carbocycles. The van der Waals surface area contributed by atoms with Crippen LogP contribution < -0.4 is 4.74 Å². The SMILES string of the molecule is O=C(O)N1CCC(c2ccc(Oc3ccccc3)cc2)C(O)C1. The predicted molar refractivity (Wildman–Crippen MR) is 85.9 cm³/mol. The average molecular weight is 313 g/mol. The van der Waals surface area contributed by atoms with Crippen molar-refractivity contribution in [2.75, 3.05) is 13.1 Å². The summed E-state index contributed by atoms with van der Waals surface area (Å²) in [4.78, 5) is 12.2. The number of β-amino-alcohol motifs (C(OH)–C–C–N with tert-alkyl or cyclic N) is 1. The van der Waals surface area contributed by atoms with Crippen molar-refractivity contribution in [2.45, 2.75) is 18.4 Å². The van der Waals surface area contributed by atoms with Crippen LogP contribution in [0, 0.1) is 0 Å². The summed E-state index contributed by atoms with van der Waals surface area (Å²) in [6, 6.07) is 17.1. The Kier molecular flexibility index (Phi) is 4.48. The highest BCUT2D eigenvalue weighted by atomic mass is 16.5. The minimum atomic E-state index is -0.978. The molecule has 2 N–H and O–H groups in total. The second-order valence-electron chi connectivity index (χ2n) is 5.68. The van der Waals surface area contributed by atoms with Crippen molar-refractivity contribution in [2.24, 2.45) is 0 Å². The van der Waals surface area contributed by atoms with E-state index < -0.39 is 12.2 Å². The molecule has 0 bridgehead atoms. The van der Waals surface area contributed by atoms with E-state index in [1.165, 1.54) is 4.90 Å². The highest BCUT2D eigenvalue weighted by Gasteiger charge is 2.30. The van der Waals surface area contributed by atoms with E-state index in [1.807, 2.05) is 54.6 Å². The molecular weight excluding hydrogens is 294 g/mol. The summed E-state index contributed by atoms with van der Waals surface area (Å²) in [5, 5.41) is 19.2. The van der Waals surface area contributed by atoms with Gasteiger partial charge in [0.05, 0.1) is 12.6 Å². The van der Waals surface area contributed by atoms with Gasteiger partial charge in [-0.05, 0) is 36.2 Å². The molecule has 1 aliphatic heterocycles. The molecule has 120 valence electrons. The Morgan fingerprint density at radius 2 is 1.70 bits per heavy atom. The summed E-state index contributed by atoms with van der Waals surface area (Å²) >= 11 is 0. The van der Waals surface area contributed by atoms with E-state index in [2.05, 4.69) is 0 Å². The summed E-state index contributed by atoms with van der Waals surface area (Å²) in [7, 11) is 0. The molecule has 0 saturated carbocycles. The number of carbonyl (C=O) groups is 1. The van der Waals surface area contributed by atoms with Gasteiger partial charge < -0.3 is 19.8 Å². The third kappa shape index (κ3) is 3.63. The number of aliphatic hydroxyl groups is 1. The molecule has 0 spiro atoms. The minimum Gasteiger partial charge on any atom is -0.465 e. The van der Waals surface area contributed by atoms with Gasteiger partial charge in [0.25, 0.3) is 0 Å². The Morgan fingerprint density at radius 3 is 2.30 bits per heavy atom. The lowest BCUT2D eigenvalue weighted by atomic mass is 9.87. The molecule has 0 aliphatic carbocycles. The van der Waals surface area contributed by atoms with Gasteiger partial charge in [-0.1, -0.05) is 30.3 Å². The molecule has 1 amide bonds. The molecular formula is C18H19NO4. The lowest BCUT2D eigenvalue weighted by molar-refractivity contribution is 0.0504.